The molecule has 0 spiro atoms. The second-order valence-electron chi connectivity index (χ2n) is 3.50. The van der Waals surface area contributed by atoms with E-state index in [1.165, 1.54) is 0 Å². The third-order valence-corrected chi connectivity index (χ3v) is 1.85. The Balaban J connectivity index is 2.61. The maximum absolute atomic E-state index is 9.11. The first-order valence-corrected chi connectivity index (χ1v) is 4.29. The van der Waals surface area contributed by atoms with E-state index >= 15 is 0 Å². The highest BCUT2D eigenvalue weighted by Gasteiger charge is 2.18. The topological polar surface area (TPSA) is 41.8 Å². The van der Waals surface area contributed by atoms with Crippen LogP contribution in [0.1, 0.15) is 26.7 Å². The average molecular weight is 181 g/mol. The lowest BCUT2D eigenvalue weighted by atomic mass is 10.1. The molecule has 0 radical (unpaired) electrons. The van der Waals surface area contributed by atoms with Crippen LogP contribution in [0.5, 0.6) is 0 Å². The number of nitrogens with zero attached hydrogens (tertiary/aromatic N) is 1. The van der Waals surface area contributed by atoms with Gasteiger partial charge in [0.2, 0.25) is 0 Å². The predicted molar refractivity (Wildman–Crippen MR) is 52.7 cm³/mol. The largest absolute Gasteiger partial charge is 0.512 e. The predicted octanol–water partition coefficient (Wildman–Crippen LogP) is 2.56. The second-order valence-corrected chi connectivity index (χ2v) is 3.50. The Labute approximate surface area is 78.4 Å². The molecule has 1 aliphatic carbocycles. The van der Waals surface area contributed by atoms with Gasteiger partial charge in [0, 0.05) is 12.8 Å². The van der Waals surface area contributed by atoms with E-state index in [2.05, 4.69) is 11.7 Å². The van der Waals surface area contributed by atoms with Crippen molar-refractivity contribution in [3.63, 3.8) is 0 Å². The van der Waals surface area contributed by atoms with Crippen LogP contribution in [0.3, 0.4) is 0 Å². The van der Waals surface area contributed by atoms with Gasteiger partial charge in [-0.25, -0.2) is 0 Å². The van der Waals surface area contributed by atoms with Crippen LogP contribution in [0.4, 0.5) is 0 Å². The van der Waals surface area contributed by atoms with Crippen molar-refractivity contribution in [3.05, 3.63) is 23.7 Å². The quantitative estimate of drug-likeness (QED) is 0.680. The van der Waals surface area contributed by atoms with E-state index in [9.17, 15) is 0 Å². The number of hydrogen-bond donors (Lipinski definition) is 1. The number of rotatable bonds is 3. The van der Waals surface area contributed by atoms with Crippen LogP contribution in [0.15, 0.2) is 28.7 Å². The Morgan fingerprint density at radius 1 is 1.46 bits per heavy atom. The number of aliphatic imine (C=N–C) groups is 1. The molecular formula is C10H15NO2. The van der Waals surface area contributed by atoms with Crippen molar-refractivity contribution in [2.24, 2.45) is 4.99 Å². The van der Waals surface area contributed by atoms with Crippen molar-refractivity contribution in [3.8, 4) is 0 Å². The number of allylic oxidation sites excluding steroid dienone is 4. The fraction of sp³-hybridized carbons (Fsp3) is 0.500. The summed E-state index contributed by atoms with van der Waals surface area (Å²) >= 11 is 0. The zero-order valence-corrected chi connectivity index (χ0v) is 8.08. The summed E-state index contributed by atoms with van der Waals surface area (Å²) in [6.45, 7) is 7.14. The van der Waals surface area contributed by atoms with Gasteiger partial charge in [0.1, 0.15) is 0 Å². The molecule has 1 rings (SSSR count). The molecule has 3 nitrogen and oxygen atoms in total. The van der Waals surface area contributed by atoms with E-state index in [-0.39, 0.29) is 0 Å². The van der Waals surface area contributed by atoms with Gasteiger partial charge in [-0.05, 0) is 32.7 Å². The van der Waals surface area contributed by atoms with Crippen molar-refractivity contribution in [2.75, 3.05) is 0 Å². The highest BCUT2D eigenvalue weighted by molar-refractivity contribution is 5.25. The summed E-state index contributed by atoms with van der Waals surface area (Å²) in [5.41, 5.74) is -0.577. The summed E-state index contributed by atoms with van der Waals surface area (Å²) in [5.74, 6) is 1.24. The Bertz CT molecular complexity index is 264. The Hall–Kier alpha value is -1.25. The normalized spacial score (nSPS) is 17.4. The molecule has 0 bridgehead atoms. The Morgan fingerprint density at radius 3 is 2.62 bits per heavy atom. The zero-order valence-electron chi connectivity index (χ0n) is 8.08. The highest BCUT2D eigenvalue weighted by atomic mass is 16.5. The summed E-state index contributed by atoms with van der Waals surface area (Å²) in [7, 11) is 0. The standard InChI is InChI=1S/C10H15NO2/c1-10(2,11-3)13-9-6-4-8(12)5-7-9/h4,6,12H,3,5,7H2,1-2H3. The van der Waals surface area contributed by atoms with Crippen LogP contribution in [-0.2, 0) is 4.74 Å². The van der Waals surface area contributed by atoms with Gasteiger partial charge in [-0.2, -0.15) is 0 Å². The number of hydrogen-bond acceptors (Lipinski definition) is 3. The highest BCUT2D eigenvalue weighted by Crippen LogP contribution is 2.23. The molecule has 0 fully saturated rings. The minimum absolute atomic E-state index is 0.400. The van der Waals surface area contributed by atoms with Crippen LogP contribution in [0.25, 0.3) is 0 Å². The first kappa shape index (κ1) is 9.84. The van der Waals surface area contributed by atoms with E-state index in [4.69, 9.17) is 9.84 Å². The van der Waals surface area contributed by atoms with Gasteiger partial charge in [0.25, 0.3) is 0 Å². The van der Waals surface area contributed by atoms with Crippen LogP contribution in [-0.4, -0.2) is 17.5 Å². The first-order valence-electron chi connectivity index (χ1n) is 4.29. The molecule has 0 saturated heterocycles. The summed E-state index contributed by atoms with van der Waals surface area (Å²) in [6.07, 6.45) is 4.78. The molecule has 0 heterocycles. The molecule has 0 amide bonds. The second kappa shape index (κ2) is 3.64. The molecule has 0 aromatic rings. The van der Waals surface area contributed by atoms with Crippen LogP contribution < -0.4 is 0 Å². The third-order valence-electron chi connectivity index (χ3n) is 1.85. The van der Waals surface area contributed by atoms with Gasteiger partial charge in [-0.3, -0.25) is 4.99 Å². The maximum Gasteiger partial charge on any atom is 0.193 e. The third kappa shape index (κ3) is 2.93. The molecular weight excluding hydrogens is 166 g/mol. The number of aliphatic hydroxyl groups excluding tert-OH is 1. The summed E-state index contributed by atoms with van der Waals surface area (Å²) < 4.78 is 5.55. The maximum atomic E-state index is 9.11. The zero-order chi connectivity index (χ0) is 9.90. The van der Waals surface area contributed by atoms with Crippen LogP contribution >= 0.6 is 0 Å². The SMILES string of the molecule is C=NC(C)(C)OC1=CC=C(O)CC1. The lowest BCUT2D eigenvalue weighted by molar-refractivity contribution is 0.0378. The van der Waals surface area contributed by atoms with Gasteiger partial charge in [0.05, 0.1) is 11.5 Å². The van der Waals surface area contributed by atoms with Gasteiger partial charge in [-0.15, -0.1) is 0 Å². The number of aliphatic hydroxyl groups is 1. The van der Waals surface area contributed by atoms with Gasteiger partial charge in [0.15, 0.2) is 5.72 Å². The monoisotopic (exact) mass is 181 g/mol. The molecule has 0 aromatic heterocycles. The van der Waals surface area contributed by atoms with Crippen molar-refractivity contribution < 1.29 is 9.84 Å². The molecule has 3 heteroatoms. The van der Waals surface area contributed by atoms with Crippen molar-refractivity contribution in [1.29, 1.82) is 0 Å². The van der Waals surface area contributed by atoms with Gasteiger partial charge in [-0.1, -0.05) is 0 Å². The van der Waals surface area contributed by atoms with Gasteiger partial charge < -0.3 is 9.84 Å². The summed E-state index contributed by atoms with van der Waals surface area (Å²) in [5, 5.41) is 9.11. The summed E-state index contributed by atoms with van der Waals surface area (Å²) in [6, 6.07) is 0. The van der Waals surface area contributed by atoms with E-state index < -0.39 is 5.72 Å². The van der Waals surface area contributed by atoms with Gasteiger partial charge >= 0.3 is 0 Å². The molecule has 1 N–H and O–H groups in total. The summed E-state index contributed by atoms with van der Waals surface area (Å²) in [4.78, 5) is 3.84. The Morgan fingerprint density at radius 2 is 2.15 bits per heavy atom. The molecule has 72 valence electrons. The molecule has 13 heavy (non-hydrogen) atoms. The lowest BCUT2D eigenvalue weighted by Gasteiger charge is -2.24. The first-order chi connectivity index (χ1) is 6.03. The molecule has 0 aliphatic heterocycles. The fourth-order valence-corrected chi connectivity index (χ4v) is 1.05. The van der Waals surface area contributed by atoms with Crippen LogP contribution in [0, 0.1) is 0 Å². The van der Waals surface area contributed by atoms with Crippen molar-refractivity contribution in [1.82, 2.24) is 0 Å². The molecule has 1 aliphatic rings. The minimum Gasteiger partial charge on any atom is -0.512 e. The fourth-order valence-electron chi connectivity index (χ4n) is 1.05. The van der Waals surface area contributed by atoms with Crippen molar-refractivity contribution >= 4 is 6.72 Å². The van der Waals surface area contributed by atoms with E-state index in [1.54, 1.807) is 12.2 Å². The molecule has 0 unspecified atom stereocenters. The minimum atomic E-state index is -0.577. The lowest BCUT2D eigenvalue weighted by Crippen LogP contribution is -2.21. The molecule has 0 atom stereocenters. The van der Waals surface area contributed by atoms with E-state index in [0.29, 0.717) is 12.2 Å². The van der Waals surface area contributed by atoms with Crippen LogP contribution in [0.2, 0.25) is 0 Å². The van der Waals surface area contributed by atoms with E-state index in [1.807, 2.05) is 13.8 Å². The van der Waals surface area contributed by atoms with Crippen molar-refractivity contribution in [2.45, 2.75) is 32.4 Å². The smallest absolute Gasteiger partial charge is 0.193 e. The average Bonchev–Trinajstić information content (AvgIpc) is 2.09. The molecule has 0 saturated carbocycles. The Kier molecular flexibility index (Phi) is 2.76. The number of ether oxygens (including phenoxy) is 1. The van der Waals surface area contributed by atoms with E-state index in [0.717, 1.165) is 12.2 Å². The molecule has 0 aromatic carbocycles.